The maximum Gasteiger partial charge on any atom is 0.408 e. The number of likely N-dealkylation sites (tertiary alicyclic amines) is 1. The topological polar surface area (TPSA) is 80.8 Å². The molecule has 7 heteroatoms. The largest absolute Gasteiger partial charge is 0.485 e. The van der Waals surface area contributed by atoms with E-state index in [2.05, 4.69) is 10.3 Å². The second kappa shape index (κ2) is 6.85. The minimum Gasteiger partial charge on any atom is -0.485 e. The normalized spacial score (nSPS) is 16.3. The third kappa shape index (κ3) is 5.12. The van der Waals surface area contributed by atoms with E-state index in [4.69, 9.17) is 9.47 Å². The van der Waals surface area contributed by atoms with Gasteiger partial charge >= 0.3 is 6.09 Å². The predicted octanol–water partition coefficient (Wildman–Crippen LogP) is 1.58. The zero-order chi connectivity index (χ0) is 17.0. The summed E-state index contributed by atoms with van der Waals surface area (Å²) in [5.41, 5.74) is -0.591. The van der Waals surface area contributed by atoms with Gasteiger partial charge in [-0.05, 0) is 39.8 Å². The third-order valence-corrected chi connectivity index (χ3v) is 3.20. The number of nitrogens with zero attached hydrogens (tertiary/aromatic N) is 2. The Morgan fingerprint density at radius 1 is 1.39 bits per heavy atom. The number of amides is 2. The number of hydrogen-bond acceptors (Lipinski definition) is 5. The van der Waals surface area contributed by atoms with Crippen molar-refractivity contribution in [2.24, 2.45) is 0 Å². The van der Waals surface area contributed by atoms with E-state index in [0.29, 0.717) is 18.8 Å². The molecule has 126 valence electrons. The average Bonchev–Trinajstić information content (AvgIpc) is 2.40. The van der Waals surface area contributed by atoms with Crippen LogP contribution in [0.4, 0.5) is 4.79 Å². The lowest BCUT2D eigenvalue weighted by Gasteiger charge is -2.40. The fourth-order valence-electron chi connectivity index (χ4n) is 2.12. The number of rotatable bonds is 4. The summed E-state index contributed by atoms with van der Waals surface area (Å²) >= 11 is 0. The number of nitrogens with one attached hydrogen (secondary N) is 1. The van der Waals surface area contributed by atoms with Crippen molar-refractivity contribution >= 4 is 12.0 Å². The molecule has 1 aliphatic heterocycles. The van der Waals surface area contributed by atoms with Crippen LogP contribution in [0.2, 0.25) is 0 Å². The summed E-state index contributed by atoms with van der Waals surface area (Å²) in [7, 11) is 0. The van der Waals surface area contributed by atoms with E-state index in [1.165, 1.54) is 0 Å². The number of carbonyl (C=O) groups is 2. The van der Waals surface area contributed by atoms with Crippen molar-refractivity contribution < 1.29 is 19.1 Å². The number of aromatic nitrogens is 1. The zero-order valence-electron chi connectivity index (χ0n) is 13.9. The lowest BCUT2D eigenvalue weighted by molar-refractivity contribution is -0.141. The second-order valence-electron chi connectivity index (χ2n) is 6.54. The fraction of sp³-hybridized carbons (Fsp3) is 0.562. The summed E-state index contributed by atoms with van der Waals surface area (Å²) in [5, 5.41) is 2.55. The highest BCUT2D eigenvalue weighted by molar-refractivity contribution is 5.86. The van der Waals surface area contributed by atoms with Gasteiger partial charge in [0.2, 0.25) is 5.91 Å². The molecule has 2 heterocycles. The van der Waals surface area contributed by atoms with Crippen molar-refractivity contribution in [1.82, 2.24) is 15.2 Å². The summed E-state index contributed by atoms with van der Waals surface area (Å²) in [6.07, 6.45) is 2.67. The van der Waals surface area contributed by atoms with E-state index in [0.717, 1.165) is 0 Å². The number of ether oxygens (including phenoxy) is 2. The molecule has 0 saturated carbocycles. The summed E-state index contributed by atoms with van der Waals surface area (Å²) in [5.74, 6) is 0.534. The highest BCUT2D eigenvalue weighted by Gasteiger charge is 2.35. The highest BCUT2D eigenvalue weighted by atomic mass is 16.6. The molecule has 2 amide bonds. The molecule has 1 aromatic rings. The van der Waals surface area contributed by atoms with Gasteiger partial charge in [-0.1, -0.05) is 0 Å². The first kappa shape index (κ1) is 17.1. The summed E-state index contributed by atoms with van der Waals surface area (Å²) in [4.78, 5) is 29.5. The van der Waals surface area contributed by atoms with Gasteiger partial charge in [0.05, 0.1) is 19.3 Å². The minimum atomic E-state index is -0.635. The zero-order valence-corrected chi connectivity index (χ0v) is 13.9. The fourth-order valence-corrected chi connectivity index (χ4v) is 2.12. The van der Waals surface area contributed by atoms with Crippen LogP contribution in [0.1, 0.15) is 27.7 Å². The van der Waals surface area contributed by atoms with E-state index in [1.54, 1.807) is 51.1 Å². The van der Waals surface area contributed by atoms with Crippen LogP contribution in [0, 0.1) is 0 Å². The molecule has 0 radical (unpaired) electrons. The van der Waals surface area contributed by atoms with Crippen LogP contribution in [0.15, 0.2) is 24.5 Å². The van der Waals surface area contributed by atoms with Crippen LogP contribution >= 0.6 is 0 Å². The molecule has 0 bridgehead atoms. The van der Waals surface area contributed by atoms with Crippen molar-refractivity contribution in [3.8, 4) is 5.75 Å². The molecule has 0 spiro atoms. The van der Waals surface area contributed by atoms with Gasteiger partial charge in [-0.25, -0.2) is 4.79 Å². The van der Waals surface area contributed by atoms with Crippen LogP contribution in [0.5, 0.6) is 5.75 Å². The van der Waals surface area contributed by atoms with Gasteiger partial charge in [-0.2, -0.15) is 0 Å². The van der Waals surface area contributed by atoms with Crippen molar-refractivity contribution in [2.75, 3.05) is 13.1 Å². The Bertz CT molecular complexity index is 550. The first-order valence-corrected chi connectivity index (χ1v) is 7.59. The Morgan fingerprint density at radius 2 is 2.09 bits per heavy atom. The molecular weight excluding hydrogens is 298 g/mol. The van der Waals surface area contributed by atoms with Crippen LogP contribution in [0.25, 0.3) is 0 Å². The van der Waals surface area contributed by atoms with Gasteiger partial charge in [0.25, 0.3) is 0 Å². The Hall–Kier alpha value is -2.31. The number of alkyl carbamates (subject to hydrolysis) is 1. The van der Waals surface area contributed by atoms with Crippen molar-refractivity contribution in [3.05, 3.63) is 24.5 Å². The van der Waals surface area contributed by atoms with Gasteiger partial charge in [-0.15, -0.1) is 0 Å². The van der Waals surface area contributed by atoms with Crippen LogP contribution in [0.3, 0.4) is 0 Å². The van der Waals surface area contributed by atoms with Crippen molar-refractivity contribution in [3.63, 3.8) is 0 Å². The van der Waals surface area contributed by atoms with Gasteiger partial charge < -0.3 is 19.7 Å². The van der Waals surface area contributed by atoms with Gasteiger partial charge in [0.15, 0.2) is 0 Å². The van der Waals surface area contributed by atoms with Gasteiger partial charge in [-0.3, -0.25) is 9.78 Å². The van der Waals surface area contributed by atoms with Gasteiger partial charge in [0.1, 0.15) is 23.5 Å². The molecule has 2 rings (SSSR count). The molecule has 0 aromatic carbocycles. The van der Waals surface area contributed by atoms with Crippen LogP contribution in [-0.2, 0) is 9.53 Å². The molecule has 1 fully saturated rings. The maximum atomic E-state index is 12.2. The Kier molecular flexibility index (Phi) is 5.08. The smallest absolute Gasteiger partial charge is 0.408 e. The molecule has 1 saturated heterocycles. The average molecular weight is 321 g/mol. The summed E-state index contributed by atoms with van der Waals surface area (Å²) in [6.45, 7) is 7.95. The Labute approximate surface area is 136 Å². The molecule has 23 heavy (non-hydrogen) atoms. The standard InChI is InChI=1S/C16H23N3O4/c1-11(18-15(21)23-16(2,3)4)14(20)19-9-13(10-19)22-12-6-5-7-17-8-12/h5-8,11,13H,9-10H2,1-4H3,(H,18,21)/t11-/m1/s1. The van der Waals surface area contributed by atoms with E-state index < -0.39 is 17.7 Å². The van der Waals surface area contributed by atoms with Crippen molar-refractivity contribution in [1.29, 1.82) is 0 Å². The monoisotopic (exact) mass is 321 g/mol. The SMILES string of the molecule is C[C@@H](NC(=O)OC(C)(C)C)C(=O)N1CC(Oc2cccnc2)C1. The predicted molar refractivity (Wildman–Crippen MR) is 84.1 cm³/mol. The molecule has 7 nitrogen and oxygen atoms in total. The van der Waals surface area contributed by atoms with Crippen molar-refractivity contribution in [2.45, 2.75) is 45.4 Å². The lowest BCUT2D eigenvalue weighted by Crippen LogP contribution is -2.60. The van der Waals surface area contributed by atoms with Crippen LogP contribution in [-0.4, -0.2) is 52.7 Å². The van der Waals surface area contributed by atoms with Crippen LogP contribution < -0.4 is 10.1 Å². The van der Waals surface area contributed by atoms with E-state index in [-0.39, 0.29) is 12.0 Å². The number of pyridine rings is 1. The highest BCUT2D eigenvalue weighted by Crippen LogP contribution is 2.17. The second-order valence-corrected chi connectivity index (χ2v) is 6.54. The maximum absolute atomic E-state index is 12.2. The van der Waals surface area contributed by atoms with E-state index >= 15 is 0 Å². The first-order chi connectivity index (χ1) is 10.7. The first-order valence-electron chi connectivity index (χ1n) is 7.59. The quantitative estimate of drug-likeness (QED) is 0.911. The Balaban J connectivity index is 1.74. The molecule has 1 atom stereocenters. The van der Waals surface area contributed by atoms with Gasteiger partial charge in [0, 0.05) is 6.20 Å². The molecule has 0 aliphatic carbocycles. The van der Waals surface area contributed by atoms with E-state index in [1.807, 2.05) is 6.07 Å². The molecule has 1 aromatic heterocycles. The number of hydrogen-bond donors (Lipinski definition) is 1. The Morgan fingerprint density at radius 3 is 2.65 bits per heavy atom. The molecule has 0 unspecified atom stereocenters. The molecule has 1 N–H and O–H groups in total. The lowest BCUT2D eigenvalue weighted by atomic mass is 10.1. The summed E-state index contributed by atoms with van der Waals surface area (Å²) in [6, 6.07) is 2.98. The third-order valence-electron chi connectivity index (χ3n) is 3.20. The molecular formula is C16H23N3O4. The van der Waals surface area contributed by atoms with E-state index in [9.17, 15) is 9.59 Å². The number of carbonyl (C=O) groups excluding carboxylic acids is 2. The molecule has 1 aliphatic rings. The minimum absolute atomic E-state index is 0.0446. The summed E-state index contributed by atoms with van der Waals surface area (Å²) < 4.78 is 10.8.